The minimum Gasteiger partial charge on any atom is -0.487 e. The van der Waals surface area contributed by atoms with Crippen LogP contribution in [0.1, 0.15) is 11.1 Å². The molecule has 2 aromatic rings. The quantitative estimate of drug-likeness (QED) is 0.450. The van der Waals surface area contributed by atoms with E-state index in [4.69, 9.17) is 4.74 Å². The van der Waals surface area contributed by atoms with Crippen LogP contribution in [-0.2, 0) is 0 Å². The van der Waals surface area contributed by atoms with Gasteiger partial charge in [-0.1, -0.05) is 30.9 Å². The molecule has 21 heavy (non-hydrogen) atoms. The zero-order valence-electron chi connectivity index (χ0n) is 11.6. The third-order valence-corrected chi connectivity index (χ3v) is 4.01. The van der Waals surface area contributed by atoms with Crippen molar-refractivity contribution in [2.75, 3.05) is 6.61 Å². The Morgan fingerprint density at radius 1 is 1.19 bits per heavy atom. The normalized spacial score (nSPS) is 10.8. The topological polar surface area (TPSA) is 21.6 Å². The first kappa shape index (κ1) is 16.0. The molecule has 2 aromatic carbocycles. The minimum absolute atomic E-state index is 0.466. The minimum atomic E-state index is 0.466. The van der Waals surface area contributed by atoms with Gasteiger partial charge in [-0.25, -0.2) is 0 Å². The van der Waals surface area contributed by atoms with Gasteiger partial charge in [0.2, 0.25) is 0 Å². The van der Waals surface area contributed by atoms with Crippen molar-refractivity contribution in [3.05, 3.63) is 69.1 Å². The Bertz CT molecular complexity index is 657. The number of rotatable bonds is 5. The van der Waals surface area contributed by atoms with E-state index in [1.54, 1.807) is 6.08 Å². The molecule has 0 N–H and O–H groups in total. The van der Waals surface area contributed by atoms with Crippen molar-refractivity contribution >= 4 is 43.8 Å². The summed E-state index contributed by atoms with van der Waals surface area (Å²) in [5.41, 5.74) is 3.11. The summed E-state index contributed by atoms with van der Waals surface area (Å²) in [6.07, 6.45) is 3.56. The zero-order valence-corrected chi connectivity index (χ0v) is 14.8. The summed E-state index contributed by atoms with van der Waals surface area (Å²) in [4.78, 5) is 4.53. The van der Waals surface area contributed by atoms with Crippen LogP contribution in [0.15, 0.2) is 63.0 Å². The number of aryl methyl sites for hydroxylation is 1. The summed E-state index contributed by atoms with van der Waals surface area (Å²) < 4.78 is 7.36. The molecular weight excluding hydrogens is 394 g/mol. The number of nitrogens with zero attached hydrogens (tertiary/aromatic N) is 1. The van der Waals surface area contributed by atoms with E-state index in [1.807, 2.05) is 49.5 Å². The summed E-state index contributed by atoms with van der Waals surface area (Å²) in [5.74, 6) is 0.767. The number of hydrogen-bond donors (Lipinski definition) is 0. The van der Waals surface area contributed by atoms with Crippen LogP contribution in [-0.4, -0.2) is 12.8 Å². The highest BCUT2D eigenvalue weighted by Crippen LogP contribution is 2.34. The fourth-order valence-electron chi connectivity index (χ4n) is 1.79. The molecule has 0 aromatic heterocycles. The van der Waals surface area contributed by atoms with Gasteiger partial charge in [-0.2, -0.15) is 0 Å². The number of ether oxygens (including phenoxy) is 1. The Morgan fingerprint density at radius 3 is 2.48 bits per heavy atom. The van der Waals surface area contributed by atoms with Crippen molar-refractivity contribution in [2.45, 2.75) is 6.92 Å². The van der Waals surface area contributed by atoms with Crippen LogP contribution in [0.2, 0.25) is 0 Å². The molecule has 0 aliphatic rings. The summed E-state index contributed by atoms with van der Waals surface area (Å²) in [6, 6.07) is 12.0. The van der Waals surface area contributed by atoms with Crippen molar-refractivity contribution < 1.29 is 4.74 Å². The lowest BCUT2D eigenvalue weighted by molar-refractivity contribution is 0.358. The molecule has 0 saturated heterocycles. The van der Waals surface area contributed by atoms with E-state index in [2.05, 4.69) is 43.4 Å². The highest BCUT2D eigenvalue weighted by molar-refractivity contribution is 9.11. The monoisotopic (exact) mass is 407 g/mol. The largest absolute Gasteiger partial charge is 0.487 e. The number of halogens is 2. The van der Waals surface area contributed by atoms with E-state index in [1.165, 1.54) is 0 Å². The Morgan fingerprint density at radius 2 is 1.86 bits per heavy atom. The van der Waals surface area contributed by atoms with E-state index >= 15 is 0 Å². The molecule has 0 atom stereocenters. The summed E-state index contributed by atoms with van der Waals surface area (Å²) >= 11 is 7.04. The van der Waals surface area contributed by atoms with Crippen LogP contribution in [0.5, 0.6) is 5.75 Å². The molecule has 4 heteroatoms. The molecular formula is C17H15Br2NO. The third-order valence-electron chi connectivity index (χ3n) is 2.83. The van der Waals surface area contributed by atoms with E-state index in [0.29, 0.717) is 6.61 Å². The van der Waals surface area contributed by atoms with Crippen molar-refractivity contribution in [3.63, 3.8) is 0 Å². The molecule has 0 aliphatic carbocycles. The molecule has 2 rings (SSSR count). The maximum absolute atomic E-state index is 5.60. The first-order valence-corrected chi connectivity index (χ1v) is 8.03. The average Bonchev–Trinajstić information content (AvgIpc) is 2.46. The Balaban J connectivity index is 2.26. The number of benzene rings is 2. The Labute approximate surface area is 141 Å². The number of hydrogen-bond acceptors (Lipinski definition) is 2. The van der Waals surface area contributed by atoms with Gasteiger partial charge in [-0.15, -0.1) is 0 Å². The van der Waals surface area contributed by atoms with Gasteiger partial charge in [-0.3, -0.25) is 4.99 Å². The molecule has 0 amide bonds. The fraction of sp³-hybridized carbons (Fsp3) is 0.118. The molecule has 0 fully saturated rings. The van der Waals surface area contributed by atoms with Crippen molar-refractivity contribution in [2.24, 2.45) is 4.99 Å². The summed E-state index contributed by atoms with van der Waals surface area (Å²) in [7, 11) is 0. The Kier molecular flexibility index (Phi) is 5.76. The molecule has 0 aliphatic heterocycles. The number of para-hydroxylation sites is 1. The molecule has 0 heterocycles. The van der Waals surface area contributed by atoms with Crippen molar-refractivity contribution in [1.29, 1.82) is 0 Å². The molecule has 0 unspecified atom stereocenters. The standard InChI is InChI=1S/C17H15Br2NO/c1-3-8-21-17-14(18)9-13(10-15(17)19)11-20-16-7-5-4-6-12(16)2/h3-7,9-11H,1,8H2,2H3. The zero-order chi connectivity index (χ0) is 15.2. The van der Waals surface area contributed by atoms with Crippen LogP contribution in [0, 0.1) is 6.92 Å². The van der Waals surface area contributed by atoms with Gasteiger partial charge in [0.15, 0.2) is 0 Å². The Hall–Kier alpha value is -1.39. The van der Waals surface area contributed by atoms with E-state index in [9.17, 15) is 0 Å². The lowest BCUT2D eigenvalue weighted by atomic mass is 10.2. The number of aliphatic imine (C=N–C) groups is 1. The van der Waals surface area contributed by atoms with Crippen LogP contribution < -0.4 is 4.74 Å². The summed E-state index contributed by atoms with van der Waals surface area (Å²) in [5, 5.41) is 0. The van der Waals surface area contributed by atoms with Gasteiger partial charge >= 0.3 is 0 Å². The smallest absolute Gasteiger partial charge is 0.148 e. The van der Waals surface area contributed by atoms with Crippen molar-refractivity contribution in [3.8, 4) is 5.75 Å². The van der Waals surface area contributed by atoms with Gasteiger partial charge in [-0.05, 0) is 68.1 Å². The van der Waals surface area contributed by atoms with Gasteiger partial charge < -0.3 is 4.74 Å². The van der Waals surface area contributed by atoms with Crippen LogP contribution >= 0.6 is 31.9 Å². The van der Waals surface area contributed by atoms with E-state index in [0.717, 1.165) is 31.5 Å². The van der Waals surface area contributed by atoms with Crippen LogP contribution in [0.4, 0.5) is 5.69 Å². The van der Waals surface area contributed by atoms with E-state index < -0.39 is 0 Å². The van der Waals surface area contributed by atoms with Crippen LogP contribution in [0.25, 0.3) is 0 Å². The van der Waals surface area contributed by atoms with Crippen molar-refractivity contribution in [1.82, 2.24) is 0 Å². The predicted molar refractivity (Wildman–Crippen MR) is 96.0 cm³/mol. The lowest BCUT2D eigenvalue weighted by Gasteiger charge is -2.09. The van der Waals surface area contributed by atoms with Crippen LogP contribution in [0.3, 0.4) is 0 Å². The second-order valence-corrected chi connectivity index (χ2v) is 6.17. The maximum atomic E-state index is 5.60. The second kappa shape index (κ2) is 7.57. The van der Waals surface area contributed by atoms with Gasteiger partial charge in [0.05, 0.1) is 14.6 Å². The van der Waals surface area contributed by atoms with Gasteiger partial charge in [0, 0.05) is 6.21 Å². The molecule has 0 radical (unpaired) electrons. The molecule has 0 saturated carbocycles. The first-order valence-electron chi connectivity index (χ1n) is 6.44. The maximum Gasteiger partial charge on any atom is 0.148 e. The van der Waals surface area contributed by atoms with Gasteiger partial charge in [0.1, 0.15) is 12.4 Å². The molecule has 108 valence electrons. The lowest BCUT2D eigenvalue weighted by Crippen LogP contribution is -1.96. The summed E-state index contributed by atoms with van der Waals surface area (Å²) in [6.45, 7) is 6.16. The highest BCUT2D eigenvalue weighted by Gasteiger charge is 2.07. The van der Waals surface area contributed by atoms with E-state index in [-0.39, 0.29) is 0 Å². The predicted octanol–water partition coefficient (Wildman–Crippen LogP) is 5.84. The molecule has 2 nitrogen and oxygen atoms in total. The average molecular weight is 409 g/mol. The fourth-order valence-corrected chi connectivity index (χ4v) is 3.24. The highest BCUT2D eigenvalue weighted by atomic mass is 79.9. The SMILES string of the molecule is C=CCOc1c(Br)cc(C=Nc2ccccc2C)cc1Br. The molecule has 0 bridgehead atoms. The first-order chi connectivity index (χ1) is 10.1. The second-order valence-electron chi connectivity index (χ2n) is 4.46. The third kappa shape index (κ3) is 4.29. The molecule has 0 spiro atoms. The van der Waals surface area contributed by atoms with Gasteiger partial charge in [0.25, 0.3) is 0 Å².